The van der Waals surface area contributed by atoms with Gasteiger partial charge in [0, 0.05) is 6.42 Å². The molecular formula is C13H15F3O2. The van der Waals surface area contributed by atoms with Crippen molar-refractivity contribution >= 4 is 5.78 Å². The number of halogens is 3. The van der Waals surface area contributed by atoms with Crippen molar-refractivity contribution in [3.8, 4) is 0 Å². The van der Waals surface area contributed by atoms with Gasteiger partial charge >= 0.3 is 6.18 Å². The fourth-order valence-corrected chi connectivity index (χ4v) is 1.53. The fourth-order valence-electron chi connectivity index (χ4n) is 1.53. The lowest BCUT2D eigenvalue weighted by Crippen LogP contribution is -2.21. The van der Waals surface area contributed by atoms with E-state index < -0.39 is 19.4 Å². The molecule has 0 atom stereocenters. The number of alkyl halides is 3. The first-order valence-electron chi connectivity index (χ1n) is 5.50. The maximum absolute atomic E-state index is 11.8. The van der Waals surface area contributed by atoms with Crippen molar-refractivity contribution in [1.29, 1.82) is 0 Å². The molecule has 0 fully saturated rings. The van der Waals surface area contributed by atoms with Gasteiger partial charge in [-0.15, -0.1) is 0 Å². The Hall–Kier alpha value is -1.36. The van der Waals surface area contributed by atoms with Gasteiger partial charge in [-0.1, -0.05) is 23.8 Å². The smallest absolute Gasteiger partial charge is 0.364 e. The molecule has 1 rings (SSSR count). The zero-order valence-corrected chi connectivity index (χ0v) is 10.3. The summed E-state index contributed by atoms with van der Waals surface area (Å²) >= 11 is 0. The second-order valence-electron chi connectivity index (χ2n) is 4.25. The SMILES string of the molecule is Cc1ccc(C)c(CC(=O)COCC(F)(F)F)c1. The predicted octanol–water partition coefficient (Wildman–Crippen LogP) is 2.99. The molecule has 0 aromatic heterocycles. The molecule has 0 saturated heterocycles. The second kappa shape index (κ2) is 6.00. The molecule has 0 radical (unpaired) electrons. The van der Waals surface area contributed by atoms with Crippen LogP contribution >= 0.6 is 0 Å². The molecule has 18 heavy (non-hydrogen) atoms. The normalized spacial score (nSPS) is 11.6. The number of Topliss-reactive ketones (excluding diaryl/α,β-unsaturated/α-hetero) is 1. The van der Waals surface area contributed by atoms with Crippen LogP contribution in [0.25, 0.3) is 0 Å². The van der Waals surface area contributed by atoms with Gasteiger partial charge in [-0.3, -0.25) is 4.79 Å². The lowest BCUT2D eigenvalue weighted by Gasteiger charge is -2.08. The highest BCUT2D eigenvalue weighted by molar-refractivity contribution is 5.82. The van der Waals surface area contributed by atoms with Gasteiger partial charge < -0.3 is 4.74 Å². The molecule has 1 aromatic rings. The number of carbonyl (C=O) groups is 1. The maximum Gasteiger partial charge on any atom is 0.411 e. The van der Waals surface area contributed by atoms with Gasteiger partial charge in [0.25, 0.3) is 0 Å². The number of hydrogen-bond donors (Lipinski definition) is 0. The Bertz CT molecular complexity index is 425. The molecule has 5 heteroatoms. The van der Waals surface area contributed by atoms with Gasteiger partial charge in [0.1, 0.15) is 13.2 Å². The highest BCUT2D eigenvalue weighted by Gasteiger charge is 2.27. The average Bonchev–Trinajstić information content (AvgIpc) is 2.21. The van der Waals surface area contributed by atoms with Crippen LogP contribution in [0.1, 0.15) is 16.7 Å². The van der Waals surface area contributed by atoms with E-state index >= 15 is 0 Å². The van der Waals surface area contributed by atoms with E-state index in [2.05, 4.69) is 4.74 Å². The molecule has 0 unspecified atom stereocenters. The summed E-state index contributed by atoms with van der Waals surface area (Å²) in [7, 11) is 0. The first kappa shape index (κ1) is 14.7. The summed E-state index contributed by atoms with van der Waals surface area (Å²) in [6, 6.07) is 5.66. The molecule has 0 spiro atoms. The monoisotopic (exact) mass is 260 g/mol. The molecule has 0 saturated carbocycles. The first-order valence-corrected chi connectivity index (χ1v) is 5.50. The summed E-state index contributed by atoms with van der Waals surface area (Å²) in [5, 5.41) is 0. The van der Waals surface area contributed by atoms with E-state index in [1.54, 1.807) is 0 Å². The van der Waals surface area contributed by atoms with Crippen molar-refractivity contribution in [2.24, 2.45) is 0 Å². The van der Waals surface area contributed by atoms with E-state index in [9.17, 15) is 18.0 Å². The molecule has 0 N–H and O–H groups in total. The summed E-state index contributed by atoms with van der Waals surface area (Å²) in [6.45, 7) is 1.87. The van der Waals surface area contributed by atoms with Crippen molar-refractivity contribution in [3.05, 3.63) is 34.9 Å². The van der Waals surface area contributed by atoms with Gasteiger partial charge in [0.15, 0.2) is 5.78 Å². The van der Waals surface area contributed by atoms with Gasteiger partial charge in [-0.25, -0.2) is 0 Å². The van der Waals surface area contributed by atoms with E-state index in [1.807, 2.05) is 32.0 Å². The fraction of sp³-hybridized carbons (Fsp3) is 0.462. The second-order valence-corrected chi connectivity index (χ2v) is 4.25. The zero-order valence-electron chi connectivity index (χ0n) is 10.3. The molecule has 0 aliphatic rings. The molecule has 100 valence electrons. The molecule has 0 amide bonds. The van der Waals surface area contributed by atoms with Crippen LogP contribution in [0.3, 0.4) is 0 Å². The van der Waals surface area contributed by atoms with Crippen molar-refractivity contribution < 1.29 is 22.7 Å². The van der Waals surface area contributed by atoms with Crippen molar-refractivity contribution in [3.63, 3.8) is 0 Å². The molecule has 0 heterocycles. The van der Waals surface area contributed by atoms with Crippen LogP contribution in [0.2, 0.25) is 0 Å². The number of benzene rings is 1. The molecular weight excluding hydrogens is 245 g/mol. The summed E-state index contributed by atoms with van der Waals surface area (Å²) in [4.78, 5) is 11.5. The number of ether oxygens (including phenoxy) is 1. The zero-order chi connectivity index (χ0) is 13.8. The van der Waals surface area contributed by atoms with Crippen molar-refractivity contribution in [1.82, 2.24) is 0 Å². The van der Waals surface area contributed by atoms with Crippen LogP contribution < -0.4 is 0 Å². The minimum Gasteiger partial charge on any atom is -0.364 e. The van der Waals surface area contributed by atoms with Crippen LogP contribution in [-0.4, -0.2) is 25.2 Å². The van der Waals surface area contributed by atoms with Crippen LogP contribution in [0.5, 0.6) is 0 Å². The summed E-state index contributed by atoms with van der Waals surface area (Å²) < 4.78 is 39.8. The van der Waals surface area contributed by atoms with E-state index in [-0.39, 0.29) is 12.2 Å². The number of aryl methyl sites for hydroxylation is 2. The topological polar surface area (TPSA) is 26.3 Å². The van der Waals surface area contributed by atoms with Gasteiger partial charge in [0.05, 0.1) is 0 Å². The van der Waals surface area contributed by atoms with Gasteiger partial charge in [0.2, 0.25) is 0 Å². The van der Waals surface area contributed by atoms with E-state index in [0.29, 0.717) is 0 Å². The number of rotatable bonds is 5. The third-order valence-corrected chi connectivity index (χ3v) is 2.42. The maximum atomic E-state index is 11.8. The van der Waals surface area contributed by atoms with Crippen LogP contribution in [0, 0.1) is 13.8 Å². The highest BCUT2D eigenvalue weighted by Crippen LogP contribution is 2.15. The Labute approximate surface area is 104 Å². The third kappa shape index (κ3) is 5.31. The first-order chi connectivity index (χ1) is 8.28. The summed E-state index contributed by atoms with van der Waals surface area (Å²) in [5.41, 5.74) is 2.79. The van der Waals surface area contributed by atoms with E-state index in [0.717, 1.165) is 16.7 Å². The summed E-state index contributed by atoms with van der Waals surface area (Å²) in [5.74, 6) is -0.354. The number of ketones is 1. The van der Waals surface area contributed by atoms with Crippen LogP contribution in [0.4, 0.5) is 13.2 Å². The highest BCUT2D eigenvalue weighted by atomic mass is 19.4. The largest absolute Gasteiger partial charge is 0.411 e. The third-order valence-electron chi connectivity index (χ3n) is 2.42. The van der Waals surface area contributed by atoms with Crippen LogP contribution in [-0.2, 0) is 16.0 Å². The minimum absolute atomic E-state index is 0.103. The van der Waals surface area contributed by atoms with E-state index in [1.165, 1.54) is 0 Å². The van der Waals surface area contributed by atoms with Crippen molar-refractivity contribution in [2.75, 3.05) is 13.2 Å². The quantitative estimate of drug-likeness (QED) is 0.813. The van der Waals surface area contributed by atoms with Crippen LogP contribution in [0.15, 0.2) is 18.2 Å². The Morgan fingerprint density at radius 2 is 1.94 bits per heavy atom. The molecule has 1 aromatic carbocycles. The lowest BCUT2D eigenvalue weighted by molar-refractivity contribution is -0.175. The average molecular weight is 260 g/mol. The Morgan fingerprint density at radius 3 is 2.56 bits per heavy atom. The van der Waals surface area contributed by atoms with E-state index in [4.69, 9.17) is 0 Å². The molecule has 0 bridgehead atoms. The Kier molecular flexibility index (Phi) is 4.90. The lowest BCUT2D eigenvalue weighted by atomic mass is 10.0. The van der Waals surface area contributed by atoms with Crippen molar-refractivity contribution in [2.45, 2.75) is 26.4 Å². The standard InChI is InChI=1S/C13H15F3O2/c1-9-3-4-10(2)11(5-9)6-12(17)7-18-8-13(14,15)16/h3-5H,6-8H2,1-2H3. The molecule has 0 aliphatic carbocycles. The van der Waals surface area contributed by atoms with Gasteiger partial charge in [-0.05, 0) is 25.0 Å². The molecule has 2 nitrogen and oxygen atoms in total. The number of hydrogen-bond acceptors (Lipinski definition) is 2. The minimum atomic E-state index is -4.39. The summed E-state index contributed by atoms with van der Waals surface area (Å²) in [6.07, 6.45) is -4.29. The predicted molar refractivity (Wildman–Crippen MR) is 61.5 cm³/mol. The Balaban J connectivity index is 2.47. The number of carbonyl (C=O) groups excluding carboxylic acids is 1. The molecule has 0 aliphatic heterocycles. The Morgan fingerprint density at radius 1 is 1.28 bits per heavy atom. The van der Waals surface area contributed by atoms with Gasteiger partial charge in [-0.2, -0.15) is 13.2 Å².